The van der Waals surface area contributed by atoms with Gasteiger partial charge >= 0.3 is 0 Å². The lowest BCUT2D eigenvalue weighted by molar-refractivity contribution is -0.118. The fraction of sp³-hybridized carbons (Fsp3) is 0.188. The van der Waals surface area contributed by atoms with Crippen molar-refractivity contribution in [1.82, 2.24) is 5.32 Å². The van der Waals surface area contributed by atoms with Crippen molar-refractivity contribution in [1.29, 1.82) is 0 Å². The molecule has 0 radical (unpaired) electrons. The van der Waals surface area contributed by atoms with E-state index >= 15 is 0 Å². The average Bonchev–Trinajstić information content (AvgIpc) is 2.49. The first-order chi connectivity index (χ1) is 9.74. The van der Waals surface area contributed by atoms with Gasteiger partial charge in [-0.1, -0.05) is 24.3 Å². The Morgan fingerprint density at radius 2 is 1.90 bits per heavy atom. The first-order valence-corrected chi connectivity index (χ1v) is 6.65. The van der Waals surface area contributed by atoms with Gasteiger partial charge in [-0.25, -0.2) is 0 Å². The van der Waals surface area contributed by atoms with Crippen LogP contribution in [-0.4, -0.2) is 17.6 Å². The molecule has 0 bridgehead atoms. The van der Waals surface area contributed by atoms with Gasteiger partial charge in [-0.3, -0.25) is 4.79 Å². The Balaban J connectivity index is 1.80. The van der Waals surface area contributed by atoms with Crippen LogP contribution in [0.5, 0.6) is 5.75 Å². The predicted octanol–water partition coefficient (Wildman–Crippen LogP) is 2.22. The van der Waals surface area contributed by atoms with Gasteiger partial charge in [-0.2, -0.15) is 0 Å². The molecule has 1 heterocycles. The lowest BCUT2D eigenvalue weighted by Gasteiger charge is -2.26. The largest absolute Gasteiger partial charge is 0.508 e. The molecule has 2 aromatic carbocycles. The lowest BCUT2D eigenvalue weighted by Crippen LogP contribution is -2.38. The van der Waals surface area contributed by atoms with E-state index in [9.17, 15) is 9.90 Å². The van der Waals surface area contributed by atoms with Crippen molar-refractivity contribution >= 4 is 11.6 Å². The minimum atomic E-state index is -0.325. The number of hydrogen-bond donors (Lipinski definition) is 3. The van der Waals surface area contributed by atoms with Gasteiger partial charge in [0.15, 0.2) is 0 Å². The quantitative estimate of drug-likeness (QED) is 0.732. The molecule has 0 aromatic heterocycles. The number of amides is 1. The number of phenolic OH excluding ortho intramolecular Hbond substituents is 1. The van der Waals surface area contributed by atoms with Crippen LogP contribution < -0.4 is 10.6 Å². The van der Waals surface area contributed by atoms with Crippen LogP contribution in [0.3, 0.4) is 0 Å². The number of hydrogen-bond acceptors (Lipinski definition) is 3. The third-order valence-corrected chi connectivity index (χ3v) is 3.51. The van der Waals surface area contributed by atoms with Gasteiger partial charge in [0.1, 0.15) is 11.8 Å². The number of benzene rings is 2. The van der Waals surface area contributed by atoms with Crippen molar-refractivity contribution in [3.8, 4) is 5.75 Å². The summed E-state index contributed by atoms with van der Waals surface area (Å²) in [7, 11) is 0. The van der Waals surface area contributed by atoms with Crippen LogP contribution in [0.15, 0.2) is 48.5 Å². The molecule has 0 saturated heterocycles. The molecule has 4 nitrogen and oxygen atoms in total. The molecule has 1 atom stereocenters. The number of carbonyl (C=O) groups excluding carboxylic acids is 1. The highest BCUT2D eigenvalue weighted by atomic mass is 16.3. The molecule has 3 N–H and O–H groups in total. The monoisotopic (exact) mass is 268 g/mol. The van der Waals surface area contributed by atoms with Gasteiger partial charge < -0.3 is 15.7 Å². The van der Waals surface area contributed by atoms with E-state index in [1.165, 1.54) is 5.56 Å². The Kier molecular flexibility index (Phi) is 3.39. The molecular weight excluding hydrogens is 252 g/mol. The molecule has 1 unspecified atom stereocenters. The predicted molar refractivity (Wildman–Crippen MR) is 77.6 cm³/mol. The molecule has 1 aliphatic rings. The van der Waals surface area contributed by atoms with Crippen LogP contribution in [0.1, 0.15) is 17.2 Å². The molecule has 1 aliphatic heterocycles. The Hall–Kier alpha value is -2.33. The third-order valence-electron chi connectivity index (χ3n) is 3.51. The van der Waals surface area contributed by atoms with Crippen LogP contribution in [-0.2, 0) is 11.2 Å². The second-order valence-electron chi connectivity index (χ2n) is 4.87. The smallest absolute Gasteiger partial charge is 0.246 e. The fourth-order valence-corrected chi connectivity index (χ4v) is 2.50. The summed E-state index contributed by atoms with van der Waals surface area (Å²) in [6.45, 7) is 0.796. The summed E-state index contributed by atoms with van der Waals surface area (Å²) in [5.74, 6) is 0.104. The summed E-state index contributed by atoms with van der Waals surface area (Å²) < 4.78 is 0. The lowest BCUT2D eigenvalue weighted by atomic mass is 9.94. The Labute approximate surface area is 117 Å². The van der Waals surface area contributed by atoms with Gasteiger partial charge in [0, 0.05) is 12.2 Å². The van der Waals surface area contributed by atoms with Gasteiger partial charge in [0.2, 0.25) is 5.91 Å². The number of carbonyl (C=O) groups is 1. The maximum atomic E-state index is 12.4. The van der Waals surface area contributed by atoms with Gasteiger partial charge in [0.25, 0.3) is 0 Å². The van der Waals surface area contributed by atoms with Crippen molar-refractivity contribution in [3.63, 3.8) is 0 Å². The molecular formula is C16H16N2O2. The molecule has 0 aliphatic carbocycles. The zero-order chi connectivity index (χ0) is 13.9. The van der Waals surface area contributed by atoms with Crippen LogP contribution in [0.2, 0.25) is 0 Å². The van der Waals surface area contributed by atoms with Crippen molar-refractivity contribution in [2.45, 2.75) is 12.5 Å². The summed E-state index contributed by atoms with van der Waals surface area (Å²) in [5, 5.41) is 15.4. The SMILES string of the molecule is O=C(Nc1ccc(O)cc1)C1NCCc2ccccc21. The van der Waals surface area contributed by atoms with Gasteiger partial charge in [-0.15, -0.1) is 0 Å². The number of fused-ring (bicyclic) bond motifs is 1. The van der Waals surface area contributed by atoms with E-state index in [1.807, 2.05) is 18.2 Å². The summed E-state index contributed by atoms with van der Waals surface area (Å²) >= 11 is 0. The summed E-state index contributed by atoms with van der Waals surface area (Å²) in [5.41, 5.74) is 2.93. The van der Waals surface area contributed by atoms with Crippen molar-refractivity contribution in [2.75, 3.05) is 11.9 Å². The molecule has 2 aromatic rings. The molecule has 3 rings (SSSR count). The summed E-state index contributed by atoms with van der Waals surface area (Å²) in [6, 6.07) is 14.2. The number of aromatic hydroxyl groups is 1. The van der Waals surface area contributed by atoms with E-state index in [1.54, 1.807) is 24.3 Å². The van der Waals surface area contributed by atoms with E-state index in [0.717, 1.165) is 18.5 Å². The van der Waals surface area contributed by atoms with Gasteiger partial charge in [0.05, 0.1) is 0 Å². The molecule has 102 valence electrons. The summed E-state index contributed by atoms with van der Waals surface area (Å²) in [4.78, 5) is 12.4. The number of phenols is 1. The van der Waals surface area contributed by atoms with E-state index in [0.29, 0.717) is 5.69 Å². The fourth-order valence-electron chi connectivity index (χ4n) is 2.50. The highest BCUT2D eigenvalue weighted by molar-refractivity contribution is 5.96. The Morgan fingerprint density at radius 3 is 2.70 bits per heavy atom. The minimum absolute atomic E-state index is 0.0807. The molecule has 0 saturated carbocycles. The zero-order valence-corrected chi connectivity index (χ0v) is 11.0. The summed E-state index contributed by atoms with van der Waals surface area (Å²) in [6.07, 6.45) is 0.944. The third kappa shape index (κ3) is 2.51. The molecule has 0 fully saturated rings. The Morgan fingerprint density at radius 1 is 1.15 bits per heavy atom. The number of anilines is 1. The minimum Gasteiger partial charge on any atom is -0.508 e. The molecule has 1 amide bonds. The van der Waals surface area contributed by atoms with Crippen LogP contribution >= 0.6 is 0 Å². The van der Waals surface area contributed by atoms with Crippen molar-refractivity contribution < 1.29 is 9.90 Å². The van der Waals surface area contributed by atoms with Crippen molar-refractivity contribution in [3.05, 3.63) is 59.7 Å². The molecule has 4 heteroatoms. The van der Waals surface area contributed by atoms with E-state index in [-0.39, 0.29) is 17.7 Å². The zero-order valence-electron chi connectivity index (χ0n) is 11.0. The Bertz CT molecular complexity index is 623. The second-order valence-corrected chi connectivity index (χ2v) is 4.87. The van der Waals surface area contributed by atoms with Crippen LogP contribution in [0.4, 0.5) is 5.69 Å². The average molecular weight is 268 g/mol. The van der Waals surface area contributed by atoms with Crippen molar-refractivity contribution in [2.24, 2.45) is 0 Å². The number of nitrogens with one attached hydrogen (secondary N) is 2. The first kappa shape index (κ1) is 12.7. The normalized spacial score (nSPS) is 17.3. The second kappa shape index (κ2) is 5.35. The van der Waals surface area contributed by atoms with E-state index in [2.05, 4.69) is 16.7 Å². The van der Waals surface area contributed by atoms with E-state index < -0.39 is 0 Å². The highest BCUT2D eigenvalue weighted by Crippen LogP contribution is 2.24. The first-order valence-electron chi connectivity index (χ1n) is 6.65. The molecule has 20 heavy (non-hydrogen) atoms. The topological polar surface area (TPSA) is 61.4 Å². The maximum Gasteiger partial charge on any atom is 0.246 e. The van der Waals surface area contributed by atoms with Crippen LogP contribution in [0.25, 0.3) is 0 Å². The standard InChI is InChI=1S/C16H16N2O2/c19-13-7-5-12(6-8-13)18-16(20)15-14-4-2-1-3-11(14)9-10-17-15/h1-8,15,17,19H,9-10H2,(H,18,20). The maximum absolute atomic E-state index is 12.4. The van der Waals surface area contributed by atoms with E-state index in [4.69, 9.17) is 0 Å². The highest BCUT2D eigenvalue weighted by Gasteiger charge is 2.25. The molecule has 0 spiro atoms. The van der Waals surface area contributed by atoms with Crippen LogP contribution in [0, 0.1) is 0 Å². The number of rotatable bonds is 2. The van der Waals surface area contributed by atoms with Gasteiger partial charge in [-0.05, 0) is 41.8 Å².